The lowest BCUT2D eigenvalue weighted by Gasteiger charge is -2.21. The van der Waals surface area contributed by atoms with Crippen molar-refractivity contribution in [1.82, 2.24) is 10.6 Å². The summed E-state index contributed by atoms with van der Waals surface area (Å²) in [6.45, 7) is 5.61. The van der Waals surface area contributed by atoms with E-state index in [-0.39, 0.29) is 5.91 Å². The van der Waals surface area contributed by atoms with Crippen LogP contribution in [0.2, 0.25) is 0 Å². The maximum atomic E-state index is 11.5. The van der Waals surface area contributed by atoms with Crippen molar-refractivity contribution >= 4 is 5.91 Å². The van der Waals surface area contributed by atoms with Gasteiger partial charge in [0, 0.05) is 6.04 Å². The standard InChI is InChI=1S/C13H26N2O/c1-3-11(2)15-13(16)10-14-9-12-7-5-4-6-8-12/h11-12,14H,3-10H2,1-2H3,(H,15,16). The molecule has 1 atom stereocenters. The number of hydrogen-bond acceptors (Lipinski definition) is 2. The predicted octanol–water partition coefficient (Wildman–Crippen LogP) is 2.07. The van der Waals surface area contributed by atoms with E-state index in [1.54, 1.807) is 0 Å². The van der Waals surface area contributed by atoms with Gasteiger partial charge in [0.2, 0.25) is 5.91 Å². The molecule has 1 amide bonds. The maximum Gasteiger partial charge on any atom is 0.234 e. The van der Waals surface area contributed by atoms with Gasteiger partial charge in [0.25, 0.3) is 0 Å². The van der Waals surface area contributed by atoms with Crippen molar-refractivity contribution in [3.8, 4) is 0 Å². The first-order valence-corrected chi connectivity index (χ1v) is 6.72. The van der Waals surface area contributed by atoms with Crippen molar-refractivity contribution in [3.63, 3.8) is 0 Å². The van der Waals surface area contributed by atoms with Gasteiger partial charge in [-0.25, -0.2) is 0 Å². The van der Waals surface area contributed by atoms with Crippen molar-refractivity contribution in [2.24, 2.45) is 5.92 Å². The Hall–Kier alpha value is -0.570. The molecule has 16 heavy (non-hydrogen) atoms. The Kier molecular flexibility index (Phi) is 6.46. The van der Waals surface area contributed by atoms with Gasteiger partial charge in [-0.1, -0.05) is 26.2 Å². The minimum absolute atomic E-state index is 0.130. The van der Waals surface area contributed by atoms with Crippen molar-refractivity contribution in [2.75, 3.05) is 13.1 Å². The third kappa shape index (κ3) is 5.50. The lowest BCUT2D eigenvalue weighted by atomic mass is 9.89. The van der Waals surface area contributed by atoms with Gasteiger partial charge in [0.15, 0.2) is 0 Å². The van der Waals surface area contributed by atoms with Gasteiger partial charge in [-0.05, 0) is 38.6 Å². The molecule has 0 heterocycles. The van der Waals surface area contributed by atoms with Crippen LogP contribution < -0.4 is 10.6 Å². The Bertz CT molecular complexity index is 200. The summed E-state index contributed by atoms with van der Waals surface area (Å²) in [5, 5.41) is 6.24. The summed E-state index contributed by atoms with van der Waals surface area (Å²) in [5.41, 5.74) is 0. The molecule has 3 heteroatoms. The van der Waals surface area contributed by atoms with Crippen LogP contribution in [0.5, 0.6) is 0 Å². The number of nitrogens with one attached hydrogen (secondary N) is 2. The second kappa shape index (κ2) is 7.66. The SMILES string of the molecule is CCC(C)NC(=O)CNCC1CCCCC1. The third-order valence-corrected chi connectivity index (χ3v) is 3.46. The second-order valence-corrected chi connectivity index (χ2v) is 5.01. The molecule has 0 spiro atoms. The third-order valence-electron chi connectivity index (χ3n) is 3.46. The highest BCUT2D eigenvalue weighted by atomic mass is 16.1. The van der Waals surface area contributed by atoms with Gasteiger partial charge in [-0.2, -0.15) is 0 Å². The van der Waals surface area contributed by atoms with Gasteiger partial charge < -0.3 is 10.6 Å². The summed E-state index contributed by atoms with van der Waals surface area (Å²) in [6, 6.07) is 0.295. The summed E-state index contributed by atoms with van der Waals surface area (Å²) in [5.74, 6) is 0.926. The molecule has 1 unspecified atom stereocenters. The molecule has 0 aromatic heterocycles. The lowest BCUT2D eigenvalue weighted by Crippen LogP contribution is -2.40. The van der Waals surface area contributed by atoms with Gasteiger partial charge in [-0.3, -0.25) is 4.79 Å². The molecule has 1 saturated carbocycles. The lowest BCUT2D eigenvalue weighted by molar-refractivity contribution is -0.120. The Morgan fingerprint density at radius 2 is 2.00 bits per heavy atom. The molecule has 1 aliphatic carbocycles. The summed E-state index contributed by atoms with van der Waals surface area (Å²) in [4.78, 5) is 11.5. The Morgan fingerprint density at radius 1 is 1.31 bits per heavy atom. The fourth-order valence-corrected chi connectivity index (χ4v) is 2.21. The molecule has 1 aliphatic rings. The van der Waals surface area contributed by atoms with Crippen LogP contribution in [0.15, 0.2) is 0 Å². The predicted molar refractivity (Wildman–Crippen MR) is 67.3 cm³/mol. The van der Waals surface area contributed by atoms with Gasteiger partial charge in [-0.15, -0.1) is 0 Å². The van der Waals surface area contributed by atoms with Gasteiger partial charge in [0.1, 0.15) is 0 Å². The molecular weight excluding hydrogens is 200 g/mol. The molecule has 1 rings (SSSR count). The van der Waals surface area contributed by atoms with Crippen molar-refractivity contribution in [2.45, 2.75) is 58.4 Å². The second-order valence-electron chi connectivity index (χ2n) is 5.01. The van der Waals surface area contributed by atoms with Crippen LogP contribution in [0.25, 0.3) is 0 Å². The van der Waals surface area contributed by atoms with E-state index in [0.29, 0.717) is 12.6 Å². The quantitative estimate of drug-likeness (QED) is 0.728. The van der Waals surface area contributed by atoms with E-state index in [1.807, 2.05) is 6.92 Å². The van der Waals surface area contributed by atoms with Gasteiger partial charge in [0.05, 0.1) is 6.54 Å². The van der Waals surface area contributed by atoms with Crippen LogP contribution in [-0.4, -0.2) is 25.0 Å². The molecule has 0 bridgehead atoms. The highest BCUT2D eigenvalue weighted by Gasteiger charge is 2.13. The highest BCUT2D eigenvalue weighted by Crippen LogP contribution is 2.22. The fraction of sp³-hybridized carbons (Fsp3) is 0.923. The number of carbonyl (C=O) groups excluding carboxylic acids is 1. The molecule has 94 valence electrons. The van der Waals surface area contributed by atoms with E-state index in [2.05, 4.69) is 17.6 Å². The van der Waals surface area contributed by atoms with Crippen LogP contribution in [0.1, 0.15) is 52.4 Å². The van der Waals surface area contributed by atoms with E-state index in [1.165, 1.54) is 32.1 Å². The van der Waals surface area contributed by atoms with E-state index in [4.69, 9.17) is 0 Å². The Labute approximate surface area is 99.4 Å². The van der Waals surface area contributed by atoms with Crippen LogP contribution in [0, 0.1) is 5.92 Å². The number of rotatable bonds is 6. The number of carbonyl (C=O) groups is 1. The van der Waals surface area contributed by atoms with Crippen molar-refractivity contribution in [1.29, 1.82) is 0 Å². The Balaban J connectivity index is 2.03. The molecule has 0 aromatic rings. The first-order valence-electron chi connectivity index (χ1n) is 6.72. The molecule has 0 radical (unpaired) electrons. The summed E-state index contributed by atoms with van der Waals surface area (Å²) in [7, 11) is 0. The first kappa shape index (κ1) is 13.5. The molecule has 1 fully saturated rings. The van der Waals surface area contributed by atoms with Crippen LogP contribution in [-0.2, 0) is 4.79 Å². The summed E-state index contributed by atoms with van der Waals surface area (Å²) < 4.78 is 0. The number of amides is 1. The zero-order chi connectivity index (χ0) is 11.8. The van der Waals surface area contributed by atoms with Crippen LogP contribution in [0.3, 0.4) is 0 Å². The molecule has 0 aliphatic heterocycles. The smallest absolute Gasteiger partial charge is 0.234 e. The van der Waals surface area contributed by atoms with E-state index in [9.17, 15) is 4.79 Å². The fourth-order valence-electron chi connectivity index (χ4n) is 2.21. The molecule has 3 nitrogen and oxygen atoms in total. The zero-order valence-corrected chi connectivity index (χ0v) is 10.7. The van der Waals surface area contributed by atoms with Crippen LogP contribution in [0.4, 0.5) is 0 Å². The van der Waals surface area contributed by atoms with E-state index >= 15 is 0 Å². The average molecular weight is 226 g/mol. The zero-order valence-electron chi connectivity index (χ0n) is 10.7. The molecular formula is C13H26N2O. The molecule has 0 aromatic carbocycles. The number of hydrogen-bond donors (Lipinski definition) is 2. The van der Waals surface area contributed by atoms with Crippen molar-refractivity contribution in [3.05, 3.63) is 0 Å². The first-order chi connectivity index (χ1) is 7.72. The Morgan fingerprint density at radius 3 is 2.62 bits per heavy atom. The molecule has 2 N–H and O–H groups in total. The van der Waals surface area contributed by atoms with Crippen molar-refractivity contribution < 1.29 is 4.79 Å². The minimum Gasteiger partial charge on any atom is -0.353 e. The highest BCUT2D eigenvalue weighted by molar-refractivity contribution is 5.78. The van der Waals surface area contributed by atoms with E-state index < -0.39 is 0 Å². The van der Waals surface area contributed by atoms with E-state index in [0.717, 1.165) is 18.9 Å². The maximum absolute atomic E-state index is 11.5. The monoisotopic (exact) mass is 226 g/mol. The van der Waals surface area contributed by atoms with Crippen LogP contribution >= 0.6 is 0 Å². The summed E-state index contributed by atoms with van der Waals surface area (Å²) >= 11 is 0. The summed E-state index contributed by atoms with van der Waals surface area (Å²) in [6.07, 6.45) is 7.79. The normalized spacial score (nSPS) is 19.4. The topological polar surface area (TPSA) is 41.1 Å². The minimum atomic E-state index is 0.130. The molecule has 0 saturated heterocycles. The largest absolute Gasteiger partial charge is 0.353 e. The van der Waals surface area contributed by atoms with Gasteiger partial charge >= 0.3 is 0 Å². The average Bonchev–Trinajstić information content (AvgIpc) is 2.30.